The number of rotatable bonds is 1. The second-order valence-corrected chi connectivity index (χ2v) is 10.2. The quantitative estimate of drug-likeness (QED) is 0.572. The fourth-order valence-electron chi connectivity index (χ4n) is 5.89. The summed E-state index contributed by atoms with van der Waals surface area (Å²) in [6, 6.07) is 15.9. The number of carbonyl (C=O) groups is 2. The van der Waals surface area contributed by atoms with Crippen LogP contribution in [-0.2, 0) is 15.0 Å². The molecule has 0 saturated carbocycles. The number of hydrogen-bond donors (Lipinski definition) is 2. The van der Waals surface area contributed by atoms with E-state index < -0.39 is 5.41 Å². The predicted octanol–water partition coefficient (Wildman–Crippen LogP) is 4.80. The molecule has 0 saturated heterocycles. The zero-order valence-electron chi connectivity index (χ0n) is 19.2. The molecule has 1 aliphatic carbocycles. The molecule has 6 heteroatoms. The van der Waals surface area contributed by atoms with Crippen LogP contribution in [0.15, 0.2) is 59.8 Å². The Hall–Kier alpha value is -3.67. The zero-order valence-corrected chi connectivity index (χ0v) is 19.2. The fourth-order valence-corrected chi connectivity index (χ4v) is 5.89. The Morgan fingerprint density at radius 3 is 2.48 bits per heavy atom. The molecular weight excluding hydrogens is 412 g/mol. The Labute approximate surface area is 192 Å². The number of nitrogens with zero attached hydrogens (tertiary/aromatic N) is 2. The Morgan fingerprint density at radius 2 is 1.73 bits per heavy atom. The third kappa shape index (κ3) is 2.58. The minimum absolute atomic E-state index is 0.0239. The van der Waals surface area contributed by atoms with Crippen LogP contribution < -0.4 is 10.6 Å². The van der Waals surface area contributed by atoms with Crippen molar-refractivity contribution in [3.05, 3.63) is 82.2 Å². The van der Waals surface area contributed by atoms with Gasteiger partial charge in [-0.25, -0.2) is 4.68 Å². The van der Waals surface area contributed by atoms with Crippen molar-refractivity contribution in [3.8, 4) is 5.69 Å². The lowest BCUT2D eigenvalue weighted by molar-refractivity contribution is -0.123. The molecule has 1 spiro atoms. The highest BCUT2D eigenvalue weighted by molar-refractivity contribution is 6.20. The molecule has 2 aliphatic heterocycles. The number of hydrogen-bond acceptors (Lipinski definition) is 4. The third-order valence-electron chi connectivity index (χ3n) is 7.12. The lowest BCUT2D eigenvalue weighted by atomic mass is 9.61. The molecule has 33 heavy (non-hydrogen) atoms. The van der Waals surface area contributed by atoms with E-state index in [2.05, 4.69) is 24.5 Å². The van der Waals surface area contributed by atoms with Crippen LogP contribution in [0.1, 0.15) is 49.1 Å². The number of amides is 1. The predicted molar refractivity (Wildman–Crippen MR) is 128 cm³/mol. The van der Waals surface area contributed by atoms with E-state index in [0.717, 1.165) is 45.3 Å². The number of allylic oxidation sites excluding steroid dienone is 1. The van der Waals surface area contributed by atoms with E-state index in [9.17, 15) is 9.59 Å². The highest BCUT2D eigenvalue weighted by atomic mass is 16.2. The van der Waals surface area contributed by atoms with Crippen molar-refractivity contribution >= 4 is 23.2 Å². The molecule has 166 valence electrons. The summed E-state index contributed by atoms with van der Waals surface area (Å²) in [6.45, 7) is 8.14. The number of anilines is 2. The largest absolute Gasteiger partial charge is 0.343 e. The maximum atomic E-state index is 14.0. The standard InChI is InChI=1S/C27H26N4O2/c1-15-10-11-19-18(12-15)27(25(33)29-19)22-16(2)30-31(17-8-6-5-7-9-17)24(22)28-20-13-26(3,4)14-21(32)23(20)27/h5-12,28H,13-14H2,1-4H3,(H,29,33)/t27-/m0/s1. The lowest BCUT2D eigenvalue weighted by Crippen LogP contribution is -2.48. The molecule has 0 unspecified atom stereocenters. The first-order chi connectivity index (χ1) is 15.7. The summed E-state index contributed by atoms with van der Waals surface area (Å²) in [6.07, 6.45) is 1.09. The van der Waals surface area contributed by atoms with Gasteiger partial charge in [0.1, 0.15) is 11.2 Å². The molecular formula is C27H26N4O2. The van der Waals surface area contributed by atoms with Crippen LogP contribution >= 0.6 is 0 Å². The fraction of sp³-hybridized carbons (Fsp3) is 0.296. The summed E-state index contributed by atoms with van der Waals surface area (Å²) in [7, 11) is 0. The van der Waals surface area contributed by atoms with E-state index in [0.29, 0.717) is 18.4 Å². The molecule has 1 atom stereocenters. The summed E-state index contributed by atoms with van der Waals surface area (Å²) in [5.74, 6) is 0.602. The van der Waals surface area contributed by atoms with Crippen LogP contribution in [0.3, 0.4) is 0 Å². The molecule has 3 aliphatic rings. The average Bonchev–Trinajstić information content (AvgIpc) is 3.22. The van der Waals surface area contributed by atoms with Crippen molar-refractivity contribution in [2.75, 3.05) is 10.6 Å². The minimum atomic E-state index is -1.21. The van der Waals surface area contributed by atoms with E-state index in [4.69, 9.17) is 5.10 Å². The number of fused-ring (bicyclic) bond motifs is 5. The van der Waals surface area contributed by atoms with Crippen LogP contribution in [0.25, 0.3) is 5.69 Å². The van der Waals surface area contributed by atoms with Crippen LogP contribution in [0, 0.1) is 19.3 Å². The summed E-state index contributed by atoms with van der Waals surface area (Å²) in [5.41, 5.74) is 5.04. The molecule has 2 N–H and O–H groups in total. The van der Waals surface area contributed by atoms with Crippen LogP contribution in [0.4, 0.5) is 11.5 Å². The van der Waals surface area contributed by atoms with Gasteiger partial charge in [0.05, 0.1) is 11.4 Å². The van der Waals surface area contributed by atoms with Crippen LogP contribution in [0.2, 0.25) is 0 Å². The van der Waals surface area contributed by atoms with Gasteiger partial charge in [0.25, 0.3) is 0 Å². The Kier molecular flexibility index (Phi) is 3.90. The number of ketones is 1. The monoisotopic (exact) mass is 438 g/mol. The van der Waals surface area contributed by atoms with E-state index >= 15 is 0 Å². The van der Waals surface area contributed by atoms with Crippen molar-refractivity contribution in [1.82, 2.24) is 9.78 Å². The van der Waals surface area contributed by atoms with Crippen molar-refractivity contribution in [2.24, 2.45) is 5.41 Å². The zero-order chi connectivity index (χ0) is 23.1. The molecule has 1 amide bonds. The van der Waals surface area contributed by atoms with Crippen molar-refractivity contribution in [2.45, 2.75) is 46.0 Å². The molecule has 1 aromatic heterocycles. The SMILES string of the molecule is Cc1ccc2c(c1)[C@@]1(C(=O)N2)C2=C(CC(C)(C)CC2=O)Nc2c1c(C)nn2-c1ccccc1. The number of nitrogens with one attached hydrogen (secondary N) is 2. The van der Waals surface area contributed by atoms with Gasteiger partial charge in [-0.05, 0) is 43.9 Å². The number of aryl methyl sites for hydroxylation is 2. The Morgan fingerprint density at radius 1 is 0.970 bits per heavy atom. The smallest absolute Gasteiger partial charge is 0.244 e. The van der Waals surface area contributed by atoms with Gasteiger partial charge in [-0.3, -0.25) is 9.59 Å². The maximum Gasteiger partial charge on any atom is 0.244 e. The number of carbonyl (C=O) groups excluding carboxylic acids is 2. The summed E-state index contributed by atoms with van der Waals surface area (Å²) in [4.78, 5) is 27.7. The first-order valence-electron chi connectivity index (χ1n) is 11.3. The molecule has 6 rings (SSSR count). The summed E-state index contributed by atoms with van der Waals surface area (Å²) < 4.78 is 1.86. The van der Waals surface area contributed by atoms with Gasteiger partial charge in [0.15, 0.2) is 5.78 Å². The van der Waals surface area contributed by atoms with Crippen LogP contribution in [0.5, 0.6) is 0 Å². The van der Waals surface area contributed by atoms with Gasteiger partial charge in [-0.15, -0.1) is 0 Å². The van der Waals surface area contributed by atoms with Crippen molar-refractivity contribution in [3.63, 3.8) is 0 Å². The molecule has 3 heterocycles. The highest BCUT2D eigenvalue weighted by Crippen LogP contribution is 2.57. The number of benzene rings is 2. The first kappa shape index (κ1) is 20.0. The summed E-state index contributed by atoms with van der Waals surface area (Å²) >= 11 is 0. The molecule has 0 bridgehead atoms. The molecule has 0 radical (unpaired) electrons. The number of aromatic nitrogens is 2. The average molecular weight is 439 g/mol. The normalized spacial score (nSPS) is 22.5. The van der Waals surface area contributed by atoms with E-state index in [1.54, 1.807) is 0 Å². The molecule has 3 aromatic rings. The van der Waals surface area contributed by atoms with Gasteiger partial charge in [0.2, 0.25) is 5.91 Å². The topological polar surface area (TPSA) is 76.0 Å². The van der Waals surface area contributed by atoms with Gasteiger partial charge < -0.3 is 10.6 Å². The third-order valence-corrected chi connectivity index (χ3v) is 7.12. The van der Waals surface area contributed by atoms with E-state index in [1.807, 2.05) is 67.1 Å². The molecule has 0 fully saturated rings. The van der Waals surface area contributed by atoms with Crippen molar-refractivity contribution in [1.29, 1.82) is 0 Å². The second-order valence-electron chi connectivity index (χ2n) is 10.2. The molecule has 2 aromatic carbocycles. The van der Waals surface area contributed by atoms with Gasteiger partial charge in [0, 0.05) is 34.5 Å². The van der Waals surface area contributed by atoms with Gasteiger partial charge >= 0.3 is 0 Å². The Bertz CT molecular complexity index is 1400. The maximum absolute atomic E-state index is 14.0. The van der Waals surface area contributed by atoms with Crippen LogP contribution in [-0.4, -0.2) is 21.5 Å². The number of para-hydroxylation sites is 1. The second kappa shape index (κ2) is 6.44. The van der Waals surface area contributed by atoms with Gasteiger partial charge in [-0.2, -0.15) is 5.10 Å². The minimum Gasteiger partial charge on any atom is -0.343 e. The summed E-state index contributed by atoms with van der Waals surface area (Å²) in [5, 5.41) is 11.5. The first-order valence-corrected chi connectivity index (χ1v) is 11.3. The molecule has 6 nitrogen and oxygen atoms in total. The van der Waals surface area contributed by atoms with Crippen molar-refractivity contribution < 1.29 is 9.59 Å². The highest BCUT2D eigenvalue weighted by Gasteiger charge is 2.60. The van der Waals surface area contributed by atoms with E-state index in [1.165, 1.54) is 0 Å². The van der Waals surface area contributed by atoms with E-state index in [-0.39, 0.29) is 17.1 Å². The number of Topliss-reactive ketones (excluding diaryl/α,β-unsaturated/α-hetero) is 1. The van der Waals surface area contributed by atoms with Gasteiger partial charge in [-0.1, -0.05) is 49.7 Å². The Balaban J connectivity index is 1.74. The lowest BCUT2D eigenvalue weighted by Gasteiger charge is -2.42.